The molecular weight excluding hydrogens is 401 g/mol. The van der Waals surface area contributed by atoms with Gasteiger partial charge in [0.1, 0.15) is 5.75 Å². The van der Waals surface area contributed by atoms with Gasteiger partial charge >= 0.3 is 6.36 Å². The van der Waals surface area contributed by atoms with Gasteiger partial charge in [0.2, 0.25) is 0 Å². The van der Waals surface area contributed by atoms with Gasteiger partial charge in [-0.05, 0) is 53.7 Å². The lowest BCUT2D eigenvalue weighted by Gasteiger charge is -2.39. The standard InChI is InChI=1S/C25H25F3N2O/c1-16(2)20-6-4-3-5-18(20)9-14-23-21-12-13-22(21)24(30-29-23)15-17-7-10-19(11-8-17)31-25(26,27)28/h3-11,14,16,21-22H,12-13,15H2,1-2H3/b14-9+. The number of ether oxygens (including phenoxy) is 1. The molecule has 2 aromatic rings. The Hall–Kier alpha value is -2.89. The average Bonchev–Trinajstić information content (AvgIpc) is 2.68. The van der Waals surface area contributed by atoms with Crippen LogP contribution in [0.1, 0.15) is 49.3 Å². The van der Waals surface area contributed by atoms with E-state index in [2.05, 4.69) is 59.1 Å². The maximum Gasteiger partial charge on any atom is 0.573 e. The molecule has 1 aliphatic heterocycles. The van der Waals surface area contributed by atoms with Crippen LogP contribution in [0.5, 0.6) is 5.75 Å². The zero-order valence-corrected chi connectivity index (χ0v) is 17.6. The SMILES string of the molecule is CC(C)c1ccccc1/C=C/C1=NN=C(Cc2ccc(OC(F)(F)F)cc2)C2CCC12. The first-order valence-electron chi connectivity index (χ1n) is 10.6. The molecule has 2 aliphatic rings. The Morgan fingerprint density at radius 1 is 0.968 bits per heavy atom. The summed E-state index contributed by atoms with van der Waals surface area (Å²) in [5.41, 5.74) is 5.42. The zero-order chi connectivity index (χ0) is 22.0. The van der Waals surface area contributed by atoms with Gasteiger partial charge in [-0.2, -0.15) is 10.2 Å². The van der Waals surface area contributed by atoms with Crippen LogP contribution in [0.15, 0.2) is 64.8 Å². The Labute approximate surface area is 180 Å². The van der Waals surface area contributed by atoms with E-state index in [1.807, 2.05) is 6.07 Å². The Kier molecular flexibility index (Phi) is 5.99. The van der Waals surface area contributed by atoms with Gasteiger partial charge in [0.05, 0.1) is 5.71 Å². The first-order chi connectivity index (χ1) is 14.8. The van der Waals surface area contributed by atoms with Crippen molar-refractivity contribution in [2.45, 2.75) is 45.4 Å². The number of halogens is 3. The lowest BCUT2D eigenvalue weighted by atomic mass is 9.67. The van der Waals surface area contributed by atoms with Crippen molar-refractivity contribution in [3.63, 3.8) is 0 Å². The third-order valence-electron chi connectivity index (χ3n) is 5.97. The molecule has 2 atom stereocenters. The summed E-state index contributed by atoms with van der Waals surface area (Å²) in [6, 6.07) is 14.4. The molecule has 0 saturated heterocycles. The number of rotatable bonds is 6. The van der Waals surface area contributed by atoms with Gasteiger partial charge in [-0.1, -0.05) is 56.3 Å². The molecule has 0 bridgehead atoms. The monoisotopic (exact) mass is 426 g/mol. The second kappa shape index (κ2) is 8.69. The Balaban J connectivity index is 1.47. The van der Waals surface area contributed by atoms with Gasteiger partial charge in [-0.15, -0.1) is 13.2 Å². The van der Waals surface area contributed by atoms with E-state index in [1.165, 1.54) is 23.3 Å². The predicted octanol–water partition coefficient (Wildman–Crippen LogP) is 6.80. The molecule has 0 aromatic heterocycles. The van der Waals surface area contributed by atoms with Crippen LogP contribution in [0.25, 0.3) is 6.08 Å². The minimum atomic E-state index is -4.68. The van der Waals surface area contributed by atoms with Crippen molar-refractivity contribution in [3.05, 3.63) is 71.3 Å². The van der Waals surface area contributed by atoms with Crippen LogP contribution in [-0.4, -0.2) is 17.8 Å². The van der Waals surface area contributed by atoms with Gasteiger partial charge < -0.3 is 4.74 Å². The fraction of sp³-hybridized carbons (Fsp3) is 0.360. The summed E-state index contributed by atoms with van der Waals surface area (Å²) in [5.74, 6) is 0.949. The fourth-order valence-electron chi connectivity index (χ4n) is 4.23. The molecule has 2 unspecified atom stereocenters. The smallest absolute Gasteiger partial charge is 0.406 e. The molecule has 0 radical (unpaired) electrons. The van der Waals surface area contributed by atoms with Crippen molar-refractivity contribution in [2.24, 2.45) is 22.0 Å². The van der Waals surface area contributed by atoms with E-state index in [9.17, 15) is 13.2 Å². The molecule has 0 N–H and O–H groups in total. The third-order valence-corrected chi connectivity index (χ3v) is 5.97. The number of nitrogens with zero attached hydrogens (tertiary/aromatic N) is 2. The Morgan fingerprint density at radius 3 is 2.32 bits per heavy atom. The number of alkyl halides is 3. The van der Waals surface area contributed by atoms with E-state index in [1.54, 1.807) is 12.1 Å². The number of hydrogen-bond acceptors (Lipinski definition) is 3. The minimum absolute atomic E-state index is 0.213. The number of fused-ring (bicyclic) bond motifs is 1. The van der Waals surface area contributed by atoms with Crippen LogP contribution in [-0.2, 0) is 6.42 Å². The summed E-state index contributed by atoms with van der Waals surface area (Å²) in [7, 11) is 0. The summed E-state index contributed by atoms with van der Waals surface area (Å²) >= 11 is 0. The largest absolute Gasteiger partial charge is 0.573 e. The van der Waals surface area contributed by atoms with E-state index in [0.29, 0.717) is 24.2 Å². The molecule has 0 spiro atoms. The van der Waals surface area contributed by atoms with E-state index in [-0.39, 0.29) is 5.75 Å². The van der Waals surface area contributed by atoms with Crippen molar-refractivity contribution >= 4 is 17.5 Å². The molecule has 162 valence electrons. The lowest BCUT2D eigenvalue weighted by molar-refractivity contribution is -0.274. The molecule has 2 aromatic carbocycles. The van der Waals surface area contributed by atoms with Crippen LogP contribution in [0.2, 0.25) is 0 Å². The maximum atomic E-state index is 12.3. The van der Waals surface area contributed by atoms with Gasteiger partial charge in [-0.25, -0.2) is 0 Å². The number of benzene rings is 2. The van der Waals surface area contributed by atoms with Crippen molar-refractivity contribution < 1.29 is 17.9 Å². The minimum Gasteiger partial charge on any atom is -0.406 e. The molecular formula is C25H25F3N2O. The highest BCUT2D eigenvalue weighted by Gasteiger charge is 2.39. The van der Waals surface area contributed by atoms with Gasteiger partial charge in [-0.3, -0.25) is 0 Å². The van der Waals surface area contributed by atoms with Crippen molar-refractivity contribution in [1.29, 1.82) is 0 Å². The summed E-state index contributed by atoms with van der Waals surface area (Å²) < 4.78 is 40.9. The fourth-order valence-corrected chi connectivity index (χ4v) is 4.23. The highest BCUT2D eigenvalue weighted by atomic mass is 19.4. The highest BCUT2D eigenvalue weighted by Crippen LogP contribution is 2.40. The lowest BCUT2D eigenvalue weighted by Crippen LogP contribution is -2.40. The maximum absolute atomic E-state index is 12.3. The molecule has 0 amide bonds. The Bertz CT molecular complexity index is 1020. The summed E-state index contributed by atoms with van der Waals surface area (Å²) in [4.78, 5) is 0. The van der Waals surface area contributed by atoms with E-state index >= 15 is 0 Å². The van der Waals surface area contributed by atoms with Crippen LogP contribution in [0, 0.1) is 11.8 Å². The molecule has 1 aliphatic carbocycles. The second-order valence-electron chi connectivity index (χ2n) is 8.39. The molecule has 1 fully saturated rings. The third kappa shape index (κ3) is 5.06. The van der Waals surface area contributed by atoms with Gasteiger partial charge in [0.15, 0.2) is 0 Å². The summed E-state index contributed by atoms with van der Waals surface area (Å²) in [5, 5.41) is 8.97. The Morgan fingerprint density at radius 2 is 1.68 bits per heavy atom. The highest BCUT2D eigenvalue weighted by molar-refractivity contribution is 6.06. The summed E-state index contributed by atoms with van der Waals surface area (Å²) in [6.07, 6.45) is 2.27. The van der Waals surface area contributed by atoms with Crippen molar-refractivity contribution in [2.75, 3.05) is 0 Å². The van der Waals surface area contributed by atoms with Crippen LogP contribution in [0.3, 0.4) is 0 Å². The van der Waals surface area contributed by atoms with Crippen LogP contribution >= 0.6 is 0 Å². The number of hydrogen-bond donors (Lipinski definition) is 0. The van der Waals surface area contributed by atoms with Gasteiger partial charge in [0.25, 0.3) is 0 Å². The number of allylic oxidation sites excluding steroid dienone is 1. The van der Waals surface area contributed by atoms with E-state index in [0.717, 1.165) is 29.8 Å². The van der Waals surface area contributed by atoms with Crippen LogP contribution in [0.4, 0.5) is 13.2 Å². The predicted molar refractivity (Wildman–Crippen MR) is 117 cm³/mol. The summed E-state index contributed by atoms with van der Waals surface area (Å²) in [6.45, 7) is 4.37. The van der Waals surface area contributed by atoms with Crippen molar-refractivity contribution in [1.82, 2.24) is 0 Å². The quantitative estimate of drug-likeness (QED) is 0.500. The van der Waals surface area contributed by atoms with E-state index < -0.39 is 6.36 Å². The molecule has 1 saturated carbocycles. The average molecular weight is 426 g/mol. The zero-order valence-electron chi connectivity index (χ0n) is 17.6. The normalized spacial score (nSPS) is 20.8. The second-order valence-corrected chi connectivity index (χ2v) is 8.39. The van der Waals surface area contributed by atoms with Gasteiger partial charge in [0, 0.05) is 24.0 Å². The molecule has 3 nitrogen and oxygen atoms in total. The molecule has 4 rings (SSSR count). The first kappa shape index (κ1) is 21.3. The van der Waals surface area contributed by atoms with Crippen LogP contribution < -0.4 is 4.74 Å². The molecule has 1 heterocycles. The molecule has 6 heteroatoms. The van der Waals surface area contributed by atoms with Crippen molar-refractivity contribution in [3.8, 4) is 5.75 Å². The first-order valence-corrected chi connectivity index (χ1v) is 10.6. The van der Waals surface area contributed by atoms with E-state index in [4.69, 9.17) is 0 Å². The topological polar surface area (TPSA) is 34.0 Å². The molecule has 31 heavy (non-hydrogen) atoms.